The summed E-state index contributed by atoms with van der Waals surface area (Å²) in [6.45, 7) is 5.87. The van der Waals surface area contributed by atoms with Crippen molar-refractivity contribution in [3.8, 4) is 5.75 Å². The Kier molecular flexibility index (Phi) is 4.93. The molecule has 6 nitrogen and oxygen atoms in total. The second-order valence-electron chi connectivity index (χ2n) is 9.30. The van der Waals surface area contributed by atoms with Crippen LogP contribution in [0.5, 0.6) is 5.75 Å². The standard InChI is InChI=1S/C22H32N4O2/c27-21(25-22-13-16-10-17(14-22)18(11-16)15-22)24-19-2-1-3-20(12-19)28-9-8-26-6-4-23-5-7-26/h1-3,12,16-18,23H,4-11,13-15H2,(H2,24,25,27). The molecule has 1 heterocycles. The molecule has 2 unspecified atom stereocenters. The number of carbonyl (C=O) groups is 1. The summed E-state index contributed by atoms with van der Waals surface area (Å²) < 4.78 is 5.91. The normalized spacial score (nSPS) is 33.8. The van der Waals surface area contributed by atoms with Crippen LogP contribution in [0, 0.1) is 17.8 Å². The van der Waals surface area contributed by atoms with Crippen LogP contribution in [0.25, 0.3) is 0 Å². The molecule has 0 spiro atoms. The number of nitrogens with one attached hydrogen (secondary N) is 3. The summed E-state index contributed by atoms with van der Waals surface area (Å²) >= 11 is 0. The lowest BCUT2D eigenvalue weighted by Gasteiger charge is -2.39. The van der Waals surface area contributed by atoms with E-state index in [0.29, 0.717) is 6.61 Å². The minimum absolute atomic E-state index is 0.0536. The van der Waals surface area contributed by atoms with Gasteiger partial charge in [-0.15, -0.1) is 0 Å². The van der Waals surface area contributed by atoms with Gasteiger partial charge in [0.2, 0.25) is 0 Å². The predicted molar refractivity (Wildman–Crippen MR) is 110 cm³/mol. The zero-order valence-electron chi connectivity index (χ0n) is 16.6. The molecule has 2 atom stereocenters. The lowest BCUT2D eigenvalue weighted by molar-refractivity contribution is 0.184. The highest BCUT2D eigenvalue weighted by atomic mass is 16.5. The number of piperazine rings is 1. The van der Waals surface area contributed by atoms with Crippen molar-refractivity contribution in [2.75, 3.05) is 44.6 Å². The third kappa shape index (κ3) is 3.85. The molecule has 6 heteroatoms. The lowest BCUT2D eigenvalue weighted by atomic mass is 9.76. The molecule has 5 fully saturated rings. The molecule has 5 aliphatic rings. The van der Waals surface area contributed by atoms with E-state index in [1.165, 1.54) is 32.1 Å². The van der Waals surface area contributed by atoms with Crippen LogP contribution in [-0.2, 0) is 0 Å². The highest BCUT2D eigenvalue weighted by molar-refractivity contribution is 5.90. The fraction of sp³-hybridized carbons (Fsp3) is 0.682. The maximum Gasteiger partial charge on any atom is 0.319 e. The van der Waals surface area contributed by atoms with Gasteiger partial charge in [0.15, 0.2) is 0 Å². The molecular formula is C22H32N4O2. The first-order valence-electron chi connectivity index (χ1n) is 10.9. The lowest BCUT2D eigenvalue weighted by Crippen LogP contribution is -2.51. The van der Waals surface area contributed by atoms with Crippen LogP contribution in [0.2, 0.25) is 0 Å². The van der Waals surface area contributed by atoms with Gasteiger partial charge in [-0.3, -0.25) is 4.90 Å². The van der Waals surface area contributed by atoms with Crippen molar-refractivity contribution in [1.29, 1.82) is 0 Å². The van der Waals surface area contributed by atoms with E-state index in [2.05, 4.69) is 20.9 Å². The SMILES string of the molecule is O=C(Nc1cccc(OCCN2CCNCC2)c1)NC12CC3CC(C1)C(C3)C2. The molecule has 4 aliphatic carbocycles. The van der Waals surface area contributed by atoms with E-state index < -0.39 is 0 Å². The Balaban J connectivity index is 1.12. The summed E-state index contributed by atoms with van der Waals surface area (Å²) in [7, 11) is 0. The molecule has 1 aromatic carbocycles. The zero-order valence-corrected chi connectivity index (χ0v) is 16.6. The Hall–Kier alpha value is -1.79. The number of urea groups is 1. The number of anilines is 1. The van der Waals surface area contributed by atoms with Crippen molar-refractivity contribution in [2.24, 2.45) is 17.8 Å². The number of hydrogen-bond acceptors (Lipinski definition) is 4. The number of amides is 2. The minimum atomic E-state index is -0.0695. The average molecular weight is 385 g/mol. The molecule has 1 saturated heterocycles. The van der Waals surface area contributed by atoms with Crippen LogP contribution in [0.3, 0.4) is 0 Å². The number of nitrogens with zero attached hydrogens (tertiary/aromatic N) is 1. The monoisotopic (exact) mass is 384 g/mol. The summed E-state index contributed by atoms with van der Waals surface area (Å²) in [5.74, 6) is 3.36. The summed E-state index contributed by atoms with van der Waals surface area (Å²) in [6.07, 6.45) is 6.31. The summed E-state index contributed by atoms with van der Waals surface area (Å²) in [5, 5.41) is 9.73. The minimum Gasteiger partial charge on any atom is -0.492 e. The van der Waals surface area contributed by atoms with Gasteiger partial charge in [-0.25, -0.2) is 4.79 Å². The second kappa shape index (κ2) is 7.56. The number of benzene rings is 1. The first-order chi connectivity index (χ1) is 13.7. The molecule has 0 aromatic heterocycles. The largest absolute Gasteiger partial charge is 0.492 e. The molecule has 1 aliphatic heterocycles. The average Bonchev–Trinajstić information content (AvgIpc) is 3.09. The van der Waals surface area contributed by atoms with Crippen LogP contribution in [-0.4, -0.2) is 55.8 Å². The van der Waals surface area contributed by atoms with E-state index in [4.69, 9.17) is 4.74 Å². The third-order valence-corrected chi connectivity index (χ3v) is 7.28. The van der Waals surface area contributed by atoms with Gasteiger partial charge in [0.25, 0.3) is 0 Å². The fourth-order valence-electron chi connectivity index (χ4n) is 6.26. The van der Waals surface area contributed by atoms with Crippen LogP contribution in [0.15, 0.2) is 24.3 Å². The van der Waals surface area contributed by atoms with Crippen LogP contribution in [0.4, 0.5) is 10.5 Å². The Morgan fingerprint density at radius 1 is 1.18 bits per heavy atom. The van der Waals surface area contributed by atoms with Gasteiger partial charge >= 0.3 is 6.03 Å². The van der Waals surface area contributed by atoms with Crippen molar-refractivity contribution in [2.45, 2.75) is 37.6 Å². The maximum atomic E-state index is 12.6. The van der Waals surface area contributed by atoms with Gasteiger partial charge in [0, 0.05) is 50.0 Å². The number of hydrogen-bond donors (Lipinski definition) is 3. The van der Waals surface area contributed by atoms with Crippen LogP contribution in [0.1, 0.15) is 32.1 Å². The smallest absolute Gasteiger partial charge is 0.319 e. The van der Waals surface area contributed by atoms with E-state index >= 15 is 0 Å². The molecule has 152 valence electrons. The van der Waals surface area contributed by atoms with E-state index in [1.54, 1.807) is 0 Å². The number of rotatable bonds is 6. The maximum absolute atomic E-state index is 12.6. The zero-order chi connectivity index (χ0) is 19.0. The highest BCUT2D eigenvalue weighted by Crippen LogP contribution is 2.59. The van der Waals surface area contributed by atoms with E-state index in [9.17, 15) is 4.79 Å². The van der Waals surface area contributed by atoms with Crippen LogP contribution >= 0.6 is 0 Å². The van der Waals surface area contributed by atoms with Crippen molar-refractivity contribution >= 4 is 11.7 Å². The van der Waals surface area contributed by atoms with Crippen molar-refractivity contribution < 1.29 is 9.53 Å². The predicted octanol–water partition coefficient (Wildman–Crippen LogP) is 2.67. The Labute approximate surface area is 167 Å². The van der Waals surface area contributed by atoms with E-state index in [-0.39, 0.29) is 11.6 Å². The van der Waals surface area contributed by atoms with Gasteiger partial charge in [0.05, 0.1) is 0 Å². The number of carbonyl (C=O) groups excluding carboxylic acids is 1. The summed E-state index contributed by atoms with van der Waals surface area (Å²) in [4.78, 5) is 15.1. The highest BCUT2D eigenvalue weighted by Gasteiger charge is 2.56. The molecule has 6 rings (SSSR count). The summed E-state index contributed by atoms with van der Waals surface area (Å²) in [5.41, 5.74) is 0.849. The first kappa shape index (κ1) is 18.3. The van der Waals surface area contributed by atoms with Gasteiger partial charge in [0.1, 0.15) is 12.4 Å². The van der Waals surface area contributed by atoms with Crippen molar-refractivity contribution in [1.82, 2.24) is 15.5 Å². The molecular weight excluding hydrogens is 352 g/mol. The van der Waals surface area contributed by atoms with Crippen LogP contribution < -0.4 is 20.7 Å². The van der Waals surface area contributed by atoms with E-state index in [0.717, 1.165) is 61.9 Å². The molecule has 1 aromatic rings. The fourth-order valence-corrected chi connectivity index (χ4v) is 6.26. The molecule has 28 heavy (non-hydrogen) atoms. The Bertz CT molecular complexity index is 699. The van der Waals surface area contributed by atoms with Gasteiger partial charge in [-0.05, 0) is 62.0 Å². The van der Waals surface area contributed by atoms with Gasteiger partial charge < -0.3 is 20.7 Å². The Morgan fingerprint density at radius 2 is 1.96 bits per heavy atom. The molecule has 4 bridgehead atoms. The van der Waals surface area contributed by atoms with Gasteiger partial charge in [-0.2, -0.15) is 0 Å². The topological polar surface area (TPSA) is 65.6 Å². The van der Waals surface area contributed by atoms with Crippen molar-refractivity contribution in [3.63, 3.8) is 0 Å². The number of ether oxygens (including phenoxy) is 1. The first-order valence-corrected chi connectivity index (χ1v) is 10.9. The molecule has 0 radical (unpaired) electrons. The molecule has 2 amide bonds. The van der Waals surface area contributed by atoms with E-state index in [1.807, 2.05) is 24.3 Å². The summed E-state index contributed by atoms with van der Waals surface area (Å²) in [6, 6.07) is 7.67. The quantitative estimate of drug-likeness (QED) is 0.706. The van der Waals surface area contributed by atoms with Gasteiger partial charge in [-0.1, -0.05) is 6.07 Å². The molecule has 4 saturated carbocycles. The third-order valence-electron chi connectivity index (χ3n) is 7.28. The molecule has 3 N–H and O–H groups in total. The second-order valence-corrected chi connectivity index (χ2v) is 9.30. The Morgan fingerprint density at radius 3 is 2.71 bits per heavy atom. The van der Waals surface area contributed by atoms with Crippen molar-refractivity contribution in [3.05, 3.63) is 24.3 Å².